The summed E-state index contributed by atoms with van der Waals surface area (Å²) < 4.78 is 14.9. The van der Waals surface area contributed by atoms with Crippen LogP contribution in [0.2, 0.25) is 0 Å². The first kappa shape index (κ1) is 11.9. The highest BCUT2D eigenvalue weighted by atomic mass is 32.2. The third-order valence-electron chi connectivity index (χ3n) is 2.43. The lowest BCUT2D eigenvalue weighted by Gasteiger charge is -2.23. The summed E-state index contributed by atoms with van der Waals surface area (Å²) >= 11 is 0. The van der Waals surface area contributed by atoms with Gasteiger partial charge in [0.25, 0.3) is 0 Å². The summed E-state index contributed by atoms with van der Waals surface area (Å²) in [5.74, 6) is 0.722. The van der Waals surface area contributed by atoms with Gasteiger partial charge in [0.1, 0.15) is 0 Å². The molecule has 1 rings (SSSR count). The van der Waals surface area contributed by atoms with E-state index in [2.05, 4.69) is 11.3 Å². The zero-order valence-corrected chi connectivity index (χ0v) is 10.2. The maximum Gasteiger partial charge on any atom is 0.0972 e. The third-order valence-corrected chi connectivity index (χ3v) is 4.06. The lowest BCUT2D eigenvalue weighted by atomic mass is 10.1. The van der Waals surface area contributed by atoms with Crippen molar-refractivity contribution in [2.24, 2.45) is 5.92 Å². The molecule has 1 unspecified atom stereocenters. The van der Waals surface area contributed by atoms with Crippen LogP contribution in [0.15, 0.2) is 12.7 Å². The average Bonchev–Trinajstić information content (AvgIpc) is 2.83. The molecular formula is C11H21NOS. The zero-order chi connectivity index (χ0) is 10.8. The van der Waals surface area contributed by atoms with Crippen molar-refractivity contribution in [3.8, 4) is 0 Å². The lowest BCUT2D eigenvalue weighted by molar-refractivity contribution is 0.538. The van der Waals surface area contributed by atoms with Crippen LogP contribution in [0.5, 0.6) is 0 Å². The van der Waals surface area contributed by atoms with Crippen molar-refractivity contribution in [3.05, 3.63) is 12.7 Å². The van der Waals surface area contributed by atoms with Crippen molar-refractivity contribution in [2.75, 3.05) is 0 Å². The van der Waals surface area contributed by atoms with Crippen molar-refractivity contribution < 1.29 is 4.21 Å². The van der Waals surface area contributed by atoms with Crippen molar-refractivity contribution in [2.45, 2.75) is 50.8 Å². The molecule has 1 aliphatic rings. The summed E-state index contributed by atoms with van der Waals surface area (Å²) in [6, 6.07) is 0.368. The fraction of sp³-hybridized carbons (Fsp3) is 0.818. The van der Waals surface area contributed by atoms with Gasteiger partial charge in [0, 0.05) is 6.04 Å². The van der Waals surface area contributed by atoms with Crippen LogP contribution in [0.3, 0.4) is 0 Å². The zero-order valence-electron chi connectivity index (χ0n) is 9.38. The molecule has 0 radical (unpaired) electrons. The van der Waals surface area contributed by atoms with E-state index in [4.69, 9.17) is 0 Å². The normalized spacial score (nSPS) is 21.6. The predicted molar refractivity (Wildman–Crippen MR) is 62.4 cm³/mol. The highest BCUT2D eigenvalue weighted by Crippen LogP contribution is 2.34. The summed E-state index contributed by atoms with van der Waals surface area (Å²) in [4.78, 5) is 0. The summed E-state index contributed by atoms with van der Waals surface area (Å²) in [7, 11) is -0.947. The molecule has 2 atom stereocenters. The first-order chi connectivity index (χ1) is 6.45. The molecule has 0 aliphatic heterocycles. The standard InChI is InChI=1S/C11H21NOS/c1-5-6-10(9-7-8-9)12-14(13)11(2,3)4/h5,9-10,12H,1,6-8H2,2-4H3/t10-,14?/m0/s1. The largest absolute Gasteiger partial charge is 0.242 e. The molecule has 3 heteroatoms. The van der Waals surface area contributed by atoms with E-state index in [1.807, 2.05) is 26.8 Å². The third kappa shape index (κ3) is 3.54. The van der Waals surface area contributed by atoms with E-state index in [0.717, 1.165) is 12.3 Å². The Morgan fingerprint density at radius 2 is 2.14 bits per heavy atom. The summed E-state index contributed by atoms with van der Waals surface area (Å²) in [6.45, 7) is 9.72. The van der Waals surface area contributed by atoms with E-state index in [0.29, 0.717) is 6.04 Å². The van der Waals surface area contributed by atoms with Gasteiger partial charge in [-0.2, -0.15) is 0 Å². The van der Waals surface area contributed by atoms with Crippen LogP contribution in [-0.4, -0.2) is 15.0 Å². The van der Waals surface area contributed by atoms with Crippen molar-refractivity contribution in [1.82, 2.24) is 4.72 Å². The Kier molecular flexibility index (Phi) is 3.90. The molecule has 14 heavy (non-hydrogen) atoms. The highest BCUT2D eigenvalue weighted by molar-refractivity contribution is 7.84. The van der Waals surface area contributed by atoms with Gasteiger partial charge in [0.15, 0.2) is 0 Å². The minimum absolute atomic E-state index is 0.172. The average molecular weight is 215 g/mol. The Labute approximate surface area is 89.8 Å². The van der Waals surface area contributed by atoms with Crippen molar-refractivity contribution in [3.63, 3.8) is 0 Å². The molecule has 0 heterocycles. The second-order valence-corrected chi connectivity index (χ2v) is 6.97. The van der Waals surface area contributed by atoms with Gasteiger partial charge < -0.3 is 0 Å². The first-order valence-electron chi connectivity index (χ1n) is 5.24. The van der Waals surface area contributed by atoms with Crippen LogP contribution in [0.4, 0.5) is 0 Å². The van der Waals surface area contributed by atoms with Gasteiger partial charge in [-0.25, -0.2) is 8.93 Å². The SMILES string of the molecule is C=CC[C@H](NS(=O)C(C)(C)C)C1CC1. The molecule has 0 saturated heterocycles. The molecule has 2 nitrogen and oxygen atoms in total. The fourth-order valence-corrected chi connectivity index (χ4v) is 2.25. The molecular weight excluding hydrogens is 194 g/mol. The Bertz CT molecular complexity index is 228. The molecule has 1 saturated carbocycles. The molecule has 82 valence electrons. The summed E-state index contributed by atoms with van der Waals surface area (Å²) in [5, 5.41) is 0. The van der Waals surface area contributed by atoms with Gasteiger partial charge >= 0.3 is 0 Å². The maximum absolute atomic E-state index is 11.8. The molecule has 1 aliphatic carbocycles. The van der Waals surface area contributed by atoms with Crippen LogP contribution >= 0.6 is 0 Å². The van der Waals surface area contributed by atoms with Crippen LogP contribution in [0, 0.1) is 5.92 Å². The molecule has 0 aromatic heterocycles. The molecule has 0 aromatic rings. The molecule has 0 amide bonds. The van der Waals surface area contributed by atoms with E-state index < -0.39 is 11.0 Å². The minimum atomic E-state index is -0.947. The second-order valence-electron chi connectivity index (χ2n) is 4.97. The molecule has 0 aromatic carbocycles. The predicted octanol–water partition coefficient (Wildman–Crippen LogP) is 2.39. The monoisotopic (exact) mass is 215 g/mol. The van der Waals surface area contributed by atoms with E-state index in [1.165, 1.54) is 12.8 Å². The van der Waals surface area contributed by atoms with Crippen LogP contribution in [0.25, 0.3) is 0 Å². The molecule has 0 bridgehead atoms. The van der Waals surface area contributed by atoms with E-state index in [-0.39, 0.29) is 4.75 Å². The second kappa shape index (κ2) is 4.58. The van der Waals surface area contributed by atoms with E-state index in [1.54, 1.807) is 0 Å². The van der Waals surface area contributed by atoms with Crippen LogP contribution in [-0.2, 0) is 11.0 Å². The van der Waals surface area contributed by atoms with Crippen molar-refractivity contribution >= 4 is 11.0 Å². The van der Waals surface area contributed by atoms with Gasteiger partial charge in [-0.05, 0) is 46.0 Å². The number of hydrogen-bond acceptors (Lipinski definition) is 1. The maximum atomic E-state index is 11.8. The number of nitrogens with one attached hydrogen (secondary N) is 1. The topological polar surface area (TPSA) is 29.1 Å². The Morgan fingerprint density at radius 1 is 1.57 bits per heavy atom. The first-order valence-corrected chi connectivity index (χ1v) is 6.39. The Balaban J connectivity index is 2.46. The molecule has 0 spiro atoms. The van der Waals surface area contributed by atoms with Crippen molar-refractivity contribution in [1.29, 1.82) is 0 Å². The van der Waals surface area contributed by atoms with Gasteiger partial charge in [0.2, 0.25) is 0 Å². The smallest absolute Gasteiger partial charge is 0.0972 e. The number of rotatable bonds is 5. The molecule has 1 N–H and O–H groups in total. The fourth-order valence-electron chi connectivity index (χ4n) is 1.33. The van der Waals surface area contributed by atoms with Crippen LogP contribution in [0.1, 0.15) is 40.0 Å². The summed E-state index contributed by atoms with van der Waals surface area (Å²) in [6.07, 6.45) is 5.38. The van der Waals surface area contributed by atoms with Gasteiger partial charge in [0.05, 0.1) is 15.7 Å². The van der Waals surface area contributed by atoms with Gasteiger partial charge in [-0.3, -0.25) is 0 Å². The van der Waals surface area contributed by atoms with Gasteiger partial charge in [-0.15, -0.1) is 6.58 Å². The van der Waals surface area contributed by atoms with E-state index in [9.17, 15) is 4.21 Å². The van der Waals surface area contributed by atoms with Gasteiger partial charge in [-0.1, -0.05) is 6.08 Å². The highest BCUT2D eigenvalue weighted by Gasteiger charge is 2.33. The van der Waals surface area contributed by atoms with E-state index >= 15 is 0 Å². The summed E-state index contributed by atoms with van der Waals surface area (Å²) in [5.41, 5.74) is 0. The lowest BCUT2D eigenvalue weighted by Crippen LogP contribution is -2.40. The minimum Gasteiger partial charge on any atom is -0.242 e. The van der Waals surface area contributed by atoms with Crippen LogP contribution < -0.4 is 4.72 Å². The number of hydrogen-bond donors (Lipinski definition) is 1. The Hall–Kier alpha value is -0.150. The Morgan fingerprint density at radius 3 is 2.50 bits per heavy atom. The molecule has 1 fully saturated rings. The quantitative estimate of drug-likeness (QED) is 0.701.